The van der Waals surface area contributed by atoms with E-state index < -0.39 is 0 Å². The van der Waals surface area contributed by atoms with E-state index in [0.717, 1.165) is 16.9 Å². The molecule has 100 valence electrons. The van der Waals surface area contributed by atoms with Gasteiger partial charge in [-0.1, -0.05) is 30.3 Å². The zero-order valence-electron chi connectivity index (χ0n) is 10.7. The molecule has 3 nitrogen and oxygen atoms in total. The predicted molar refractivity (Wildman–Crippen MR) is 79.3 cm³/mol. The molecule has 0 aromatic heterocycles. The van der Waals surface area contributed by atoms with Gasteiger partial charge in [0.25, 0.3) is 0 Å². The molecule has 0 unspecified atom stereocenters. The van der Waals surface area contributed by atoms with Crippen LogP contribution in [0.4, 0.5) is 0 Å². The van der Waals surface area contributed by atoms with Crippen molar-refractivity contribution in [2.45, 2.75) is 13.1 Å². The van der Waals surface area contributed by atoms with E-state index >= 15 is 0 Å². The number of ether oxygens (including phenoxy) is 1. The number of para-hydroxylation sites is 2. The maximum Gasteiger partial charge on any atom is 0.134 e. The highest BCUT2D eigenvalue weighted by molar-refractivity contribution is 9.10. The van der Waals surface area contributed by atoms with Gasteiger partial charge in [-0.05, 0) is 28.1 Å². The molecule has 0 radical (unpaired) electrons. The molecule has 2 rings (SSSR count). The molecular formula is C15H16BrNO2. The van der Waals surface area contributed by atoms with E-state index in [2.05, 4.69) is 21.2 Å². The molecule has 0 fully saturated rings. The van der Waals surface area contributed by atoms with Crippen LogP contribution in [0.2, 0.25) is 0 Å². The molecule has 0 aliphatic carbocycles. The normalized spacial score (nSPS) is 10.4. The number of rotatable bonds is 5. The van der Waals surface area contributed by atoms with Gasteiger partial charge in [0.2, 0.25) is 0 Å². The maximum atomic E-state index is 9.88. The van der Waals surface area contributed by atoms with E-state index in [1.165, 1.54) is 0 Å². The van der Waals surface area contributed by atoms with Gasteiger partial charge in [-0.3, -0.25) is 0 Å². The lowest BCUT2D eigenvalue weighted by Crippen LogP contribution is -2.13. The van der Waals surface area contributed by atoms with Gasteiger partial charge in [-0.25, -0.2) is 0 Å². The molecule has 19 heavy (non-hydrogen) atoms. The number of benzene rings is 2. The minimum atomic E-state index is 0.287. The van der Waals surface area contributed by atoms with Crippen molar-refractivity contribution >= 4 is 15.9 Å². The van der Waals surface area contributed by atoms with Gasteiger partial charge >= 0.3 is 0 Å². The SMILES string of the molecule is COc1ccccc1CNCc1cccc(Br)c1O. The van der Waals surface area contributed by atoms with E-state index in [9.17, 15) is 5.11 Å². The van der Waals surface area contributed by atoms with Crippen LogP contribution >= 0.6 is 15.9 Å². The van der Waals surface area contributed by atoms with Crippen LogP contribution in [0.5, 0.6) is 11.5 Å². The highest BCUT2D eigenvalue weighted by atomic mass is 79.9. The summed E-state index contributed by atoms with van der Waals surface area (Å²) in [5.41, 5.74) is 1.96. The quantitative estimate of drug-likeness (QED) is 0.886. The highest BCUT2D eigenvalue weighted by Gasteiger charge is 2.05. The van der Waals surface area contributed by atoms with Gasteiger partial charge in [0.15, 0.2) is 0 Å². The number of hydrogen-bond donors (Lipinski definition) is 2. The first-order chi connectivity index (χ1) is 9.22. The molecule has 0 saturated carbocycles. The van der Waals surface area contributed by atoms with Crippen LogP contribution in [-0.2, 0) is 13.1 Å². The van der Waals surface area contributed by atoms with Crippen LogP contribution < -0.4 is 10.1 Å². The molecule has 0 spiro atoms. The van der Waals surface area contributed by atoms with Gasteiger partial charge in [0, 0.05) is 24.2 Å². The Morgan fingerprint density at radius 1 is 1.05 bits per heavy atom. The Labute approximate surface area is 121 Å². The summed E-state index contributed by atoms with van der Waals surface area (Å²) < 4.78 is 6.01. The van der Waals surface area contributed by atoms with Crippen molar-refractivity contribution in [1.82, 2.24) is 5.32 Å². The van der Waals surface area contributed by atoms with Crippen LogP contribution in [0.1, 0.15) is 11.1 Å². The fraction of sp³-hybridized carbons (Fsp3) is 0.200. The summed E-state index contributed by atoms with van der Waals surface area (Å²) in [6, 6.07) is 13.5. The number of methoxy groups -OCH3 is 1. The summed E-state index contributed by atoms with van der Waals surface area (Å²) in [5.74, 6) is 1.16. The summed E-state index contributed by atoms with van der Waals surface area (Å²) in [6.45, 7) is 1.29. The van der Waals surface area contributed by atoms with Crippen LogP contribution in [0.25, 0.3) is 0 Å². The fourth-order valence-electron chi connectivity index (χ4n) is 1.88. The number of nitrogens with one attached hydrogen (secondary N) is 1. The molecule has 0 saturated heterocycles. The van der Waals surface area contributed by atoms with Crippen molar-refractivity contribution in [3.05, 3.63) is 58.1 Å². The van der Waals surface area contributed by atoms with Crippen molar-refractivity contribution in [1.29, 1.82) is 0 Å². The number of aromatic hydroxyl groups is 1. The summed E-state index contributed by atoms with van der Waals surface area (Å²) in [5, 5.41) is 13.2. The third-order valence-corrected chi connectivity index (χ3v) is 3.53. The van der Waals surface area contributed by atoms with Crippen molar-refractivity contribution in [3.63, 3.8) is 0 Å². The van der Waals surface area contributed by atoms with Crippen LogP contribution in [-0.4, -0.2) is 12.2 Å². The Hall–Kier alpha value is -1.52. The first-order valence-electron chi connectivity index (χ1n) is 6.01. The van der Waals surface area contributed by atoms with E-state index in [1.807, 2.05) is 42.5 Å². The van der Waals surface area contributed by atoms with E-state index in [1.54, 1.807) is 7.11 Å². The molecule has 0 heterocycles. The summed E-state index contributed by atoms with van der Waals surface area (Å²) >= 11 is 3.31. The Bertz CT molecular complexity index is 558. The van der Waals surface area contributed by atoms with Crippen LogP contribution in [0, 0.1) is 0 Å². The molecule has 0 amide bonds. The lowest BCUT2D eigenvalue weighted by molar-refractivity contribution is 0.407. The molecule has 0 aliphatic heterocycles. The molecule has 2 aromatic carbocycles. The summed E-state index contributed by atoms with van der Waals surface area (Å²) in [4.78, 5) is 0. The Kier molecular flexibility index (Phi) is 4.82. The standard InChI is InChI=1S/C15H16BrNO2/c1-19-14-8-3-2-5-11(14)9-17-10-12-6-4-7-13(16)15(12)18/h2-8,17-18H,9-10H2,1H3. The molecule has 0 atom stereocenters. The Morgan fingerprint density at radius 3 is 2.53 bits per heavy atom. The van der Waals surface area contributed by atoms with E-state index in [0.29, 0.717) is 17.6 Å². The van der Waals surface area contributed by atoms with Crippen LogP contribution in [0.3, 0.4) is 0 Å². The van der Waals surface area contributed by atoms with Crippen LogP contribution in [0.15, 0.2) is 46.9 Å². The predicted octanol–water partition coefficient (Wildman–Crippen LogP) is 3.45. The molecule has 4 heteroatoms. The molecule has 0 aliphatic rings. The van der Waals surface area contributed by atoms with Gasteiger partial charge < -0.3 is 15.2 Å². The molecule has 0 bridgehead atoms. The van der Waals surface area contributed by atoms with E-state index in [-0.39, 0.29) is 5.75 Å². The molecule has 2 aromatic rings. The van der Waals surface area contributed by atoms with Gasteiger partial charge in [-0.15, -0.1) is 0 Å². The van der Waals surface area contributed by atoms with Gasteiger partial charge in [0.05, 0.1) is 11.6 Å². The van der Waals surface area contributed by atoms with E-state index in [4.69, 9.17) is 4.74 Å². The van der Waals surface area contributed by atoms with Crippen molar-refractivity contribution in [3.8, 4) is 11.5 Å². The largest absolute Gasteiger partial charge is 0.506 e. The molecular weight excluding hydrogens is 306 g/mol. The average Bonchev–Trinajstić information content (AvgIpc) is 2.44. The number of halogens is 1. The lowest BCUT2D eigenvalue weighted by atomic mass is 10.1. The monoisotopic (exact) mass is 321 g/mol. The Morgan fingerprint density at radius 2 is 1.74 bits per heavy atom. The number of phenolic OH excluding ortho intramolecular Hbond substituents is 1. The second-order valence-electron chi connectivity index (χ2n) is 4.16. The highest BCUT2D eigenvalue weighted by Crippen LogP contribution is 2.27. The zero-order chi connectivity index (χ0) is 13.7. The number of phenols is 1. The number of hydrogen-bond acceptors (Lipinski definition) is 3. The average molecular weight is 322 g/mol. The third kappa shape index (κ3) is 3.49. The van der Waals surface area contributed by atoms with Gasteiger partial charge in [0.1, 0.15) is 11.5 Å². The minimum absolute atomic E-state index is 0.287. The second kappa shape index (κ2) is 6.59. The Balaban J connectivity index is 1.98. The first-order valence-corrected chi connectivity index (χ1v) is 6.80. The van der Waals surface area contributed by atoms with Gasteiger partial charge in [-0.2, -0.15) is 0 Å². The summed E-state index contributed by atoms with van der Waals surface area (Å²) in [6.07, 6.45) is 0. The maximum absolute atomic E-state index is 9.88. The summed E-state index contributed by atoms with van der Waals surface area (Å²) in [7, 11) is 1.67. The topological polar surface area (TPSA) is 41.5 Å². The minimum Gasteiger partial charge on any atom is -0.506 e. The third-order valence-electron chi connectivity index (χ3n) is 2.89. The smallest absolute Gasteiger partial charge is 0.134 e. The zero-order valence-corrected chi connectivity index (χ0v) is 12.3. The fourth-order valence-corrected chi connectivity index (χ4v) is 2.29. The van der Waals surface area contributed by atoms with Crippen molar-refractivity contribution in [2.24, 2.45) is 0 Å². The second-order valence-corrected chi connectivity index (χ2v) is 5.02. The molecule has 2 N–H and O–H groups in total. The van der Waals surface area contributed by atoms with Crippen molar-refractivity contribution in [2.75, 3.05) is 7.11 Å². The van der Waals surface area contributed by atoms with Crippen molar-refractivity contribution < 1.29 is 9.84 Å². The lowest BCUT2D eigenvalue weighted by Gasteiger charge is -2.10. The first kappa shape index (κ1) is 13.9.